The lowest BCUT2D eigenvalue weighted by Crippen LogP contribution is -2.30. The predicted octanol–water partition coefficient (Wildman–Crippen LogP) is 32.0. The molecule has 0 aromatic carbocycles. The molecular weight excluding hydrogens is 1600 g/mol. The lowest BCUT2D eigenvalue weighted by Gasteiger charge is -2.21. The molecule has 0 spiro atoms. The molecule has 0 aliphatic rings. The van der Waals surface area contributed by atoms with E-state index in [0.717, 1.165) is 141 Å². The van der Waals surface area contributed by atoms with Crippen LogP contribution in [0.15, 0.2) is 158 Å². The molecule has 0 amide bonds. The molecule has 0 aliphatic carbocycles. The summed E-state index contributed by atoms with van der Waals surface area (Å²) in [5.41, 5.74) is 0. The molecule has 5 unspecified atom stereocenters. The van der Waals surface area contributed by atoms with Gasteiger partial charge in [0.05, 0.1) is 26.4 Å². The fourth-order valence-electron chi connectivity index (χ4n) is 14.0. The standard InChI is InChI=1S/C107H186O16P2/c1-4-7-10-13-16-19-22-25-28-31-34-37-40-43-46-48-50-52-55-57-60-63-66-69-72-75-78-81-84-87-90-93-105(110)117-96-102(108)97-119-124(113,114)120-98-103(109)99-121-125(115,116)122-101-104(123-107(112)95-92-89-86-83-80-77-74-71-68-65-62-59-54-45-42-39-36-33-30-27-24-21-18-15-12-9-6-3)100-118-106(111)94-91-88-85-82-79-76-73-70-67-64-61-58-56-53-51-49-47-44-41-38-35-32-29-26-23-20-17-14-11-8-5-2/h7,10,16-21,25-30,34-39,43-47,54,102-104,108-109H,4-6,8-9,11-15,22-24,31-33,40-42,48-53,55-101H2,1-3H3,(H,113,114)(H,115,116)/b10-7-,19-16-,20-17-,21-18-,28-25-,29-26-,30-27-,37-34-,38-35-,39-36-,46-43-,47-44-,54-45-. The normalized spacial score (nSPS) is 14.3. The molecule has 720 valence electrons. The van der Waals surface area contributed by atoms with E-state index in [1.807, 2.05) is 0 Å². The van der Waals surface area contributed by atoms with Crippen molar-refractivity contribution in [2.24, 2.45) is 0 Å². The maximum absolute atomic E-state index is 13.1. The lowest BCUT2D eigenvalue weighted by molar-refractivity contribution is -0.161. The van der Waals surface area contributed by atoms with Crippen molar-refractivity contribution < 1.29 is 75.8 Å². The quantitative estimate of drug-likeness (QED) is 0.0146. The molecule has 0 saturated carbocycles. The van der Waals surface area contributed by atoms with Crippen molar-refractivity contribution in [2.45, 2.75) is 463 Å². The highest BCUT2D eigenvalue weighted by molar-refractivity contribution is 7.47. The number of unbranched alkanes of at least 4 members (excludes halogenated alkanes) is 47. The van der Waals surface area contributed by atoms with Crippen LogP contribution in [-0.2, 0) is 55.8 Å². The Morgan fingerprint density at radius 2 is 0.424 bits per heavy atom. The minimum Gasteiger partial charge on any atom is -0.463 e. The first kappa shape index (κ1) is 120. The number of esters is 3. The Bertz CT molecular complexity index is 2900. The van der Waals surface area contributed by atoms with E-state index in [9.17, 15) is 43.5 Å². The Labute approximate surface area is 765 Å². The van der Waals surface area contributed by atoms with Gasteiger partial charge in [-0.2, -0.15) is 0 Å². The third-order valence-electron chi connectivity index (χ3n) is 21.7. The molecule has 18 heteroatoms. The van der Waals surface area contributed by atoms with Gasteiger partial charge < -0.3 is 34.2 Å². The largest absolute Gasteiger partial charge is 0.472 e. The van der Waals surface area contributed by atoms with E-state index >= 15 is 0 Å². The molecule has 0 bridgehead atoms. The van der Waals surface area contributed by atoms with Gasteiger partial charge in [0.15, 0.2) is 6.10 Å². The minimum atomic E-state index is -4.95. The number of hydrogen-bond donors (Lipinski definition) is 4. The highest BCUT2D eigenvalue weighted by Crippen LogP contribution is 2.45. The van der Waals surface area contributed by atoms with Gasteiger partial charge in [0, 0.05) is 19.3 Å². The van der Waals surface area contributed by atoms with Crippen molar-refractivity contribution in [3.05, 3.63) is 158 Å². The van der Waals surface area contributed by atoms with Crippen molar-refractivity contribution in [3.8, 4) is 0 Å². The molecule has 4 N–H and O–H groups in total. The van der Waals surface area contributed by atoms with E-state index in [1.165, 1.54) is 244 Å². The van der Waals surface area contributed by atoms with Gasteiger partial charge in [-0.1, -0.05) is 429 Å². The van der Waals surface area contributed by atoms with E-state index in [-0.39, 0.29) is 19.3 Å². The number of ether oxygens (including phenoxy) is 3. The highest BCUT2D eigenvalue weighted by atomic mass is 31.2. The third-order valence-corrected chi connectivity index (χ3v) is 23.6. The second-order valence-corrected chi connectivity index (χ2v) is 36.8. The van der Waals surface area contributed by atoms with Crippen LogP contribution in [0.5, 0.6) is 0 Å². The van der Waals surface area contributed by atoms with Crippen molar-refractivity contribution >= 4 is 33.6 Å². The maximum atomic E-state index is 13.1. The first-order valence-electron chi connectivity index (χ1n) is 50.8. The van der Waals surface area contributed by atoms with Crippen molar-refractivity contribution in [2.75, 3.05) is 39.6 Å². The van der Waals surface area contributed by atoms with Gasteiger partial charge in [-0.05, 0) is 154 Å². The summed E-state index contributed by atoms with van der Waals surface area (Å²) >= 11 is 0. The van der Waals surface area contributed by atoms with Gasteiger partial charge in [0.1, 0.15) is 25.4 Å². The summed E-state index contributed by atoms with van der Waals surface area (Å²) in [7, 11) is -9.82. The van der Waals surface area contributed by atoms with Crippen LogP contribution in [0.25, 0.3) is 0 Å². The van der Waals surface area contributed by atoms with E-state index < -0.39 is 91.5 Å². The zero-order valence-corrected chi connectivity index (χ0v) is 81.5. The van der Waals surface area contributed by atoms with Crippen LogP contribution >= 0.6 is 15.6 Å². The van der Waals surface area contributed by atoms with Gasteiger partial charge >= 0.3 is 33.6 Å². The fraction of sp³-hybridized carbons (Fsp3) is 0.729. The van der Waals surface area contributed by atoms with Crippen LogP contribution in [0.4, 0.5) is 0 Å². The number of aliphatic hydroxyl groups is 2. The number of carbonyl (C=O) groups is 3. The number of phosphoric ester groups is 2. The van der Waals surface area contributed by atoms with Crippen molar-refractivity contribution in [3.63, 3.8) is 0 Å². The Hall–Kier alpha value is -4.83. The van der Waals surface area contributed by atoms with Crippen molar-refractivity contribution in [1.82, 2.24) is 0 Å². The number of phosphoric acid groups is 2. The SMILES string of the molecule is CC/C=C\C/C=C\C/C=C\C/C=C\C/C=C\CCCCCCCCCCCCCCCCCC(=O)OCC(O)COP(=O)(O)OCC(O)COP(=O)(O)OCC(COC(=O)CCCCCCCCCCCCCCCCC/C=C\C/C=C\C/C=C\C/C=C\CCCCC)OC(=O)CCCCCCCCCCCCC/C=C\C/C=C\C/C=C\C/C=C\CCCCC. The zero-order chi connectivity index (χ0) is 90.7. The van der Waals surface area contributed by atoms with Crippen LogP contribution in [0.2, 0.25) is 0 Å². The van der Waals surface area contributed by atoms with E-state index in [0.29, 0.717) is 19.3 Å². The summed E-state index contributed by atoms with van der Waals surface area (Å²) in [6.07, 6.45) is 127. The zero-order valence-electron chi connectivity index (χ0n) is 79.7. The predicted molar refractivity (Wildman–Crippen MR) is 528 cm³/mol. The Morgan fingerprint density at radius 1 is 0.232 bits per heavy atom. The molecule has 0 rings (SSSR count). The molecule has 0 aromatic heterocycles. The van der Waals surface area contributed by atoms with Crippen LogP contribution in [0.3, 0.4) is 0 Å². The van der Waals surface area contributed by atoms with Gasteiger partial charge in [-0.25, -0.2) is 9.13 Å². The molecule has 0 fully saturated rings. The van der Waals surface area contributed by atoms with Crippen LogP contribution in [0, 0.1) is 0 Å². The first-order valence-corrected chi connectivity index (χ1v) is 53.8. The van der Waals surface area contributed by atoms with Crippen LogP contribution in [-0.4, -0.2) is 95.9 Å². The summed E-state index contributed by atoms with van der Waals surface area (Å²) in [5, 5.41) is 20.8. The number of hydrogen-bond acceptors (Lipinski definition) is 14. The van der Waals surface area contributed by atoms with E-state index in [4.69, 9.17) is 32.3 Å². The molecule has 5 atom stereocenters. The van der Waals surface area contributed by atoms with Gasteiger partial charge in [-0.3, -0.25) is 32.5 Å². The van der Waals surface area contributed by atoms with Crippen molar-refractivity contribution in [1.29, 1.82) is 0 Å². The lowest BCUT2D eigenvalue weighted by atomic mass is 10.0. The number of aliphatic hydroxyl groups excluding tert-OH is 2. The molecule has 0 saturated heterocycles. The van der Waals surface area contributed by atoms with Gasteiger partial charge in [0.2, 0.25) is 0 Å². The second kappa shape index (κ2) is 98.2. The van der Waals surface area contributed by atoms with Gasteiger partial charge in [0.25, 0.3) is 0 Å². The summed E-state index contributed by atoms with van der Waals surface area (Å²) < 4.78 is 61.7. The Kier molecular flexibility index (Phi) is 94.4. The average molecular weight is 1790 g/mol. The molecule has 0 aromatic rings. The minimum absolute atomic E-state index is 0.0991. The van der Waals surface area contributed by atoms with Crippen LogP contribution in [0.1, 0.15) is 445 Å². The first-order chi connectivity index (χ1) is 61.2. The fourth-order valence-corrected chi connectivity index (χ4v) is 15.6. The molecule has 0 heterocycles. The third kappa shape index (κ3) is 99.6. The molecular formula is C107H186O16P2. The summed E-state index contributed by atoms with van der Waals surface area (Å²) in [6, 6.07) is 0. The number of allylic oxidation sites excluding steroid dienone is 26. The Balaban J connectivity index is 4.62. The van der Waals surface area contributed by atoms with E-state index in [1.54, 1.807) is 0 Å². The molecule has 125 heavy (non-hydrogen) atoms. The Morgan fingerprint density at radius 3 is 0.672 bits per heavy atom. The topological polar surface area (TPSA) is 231 Å². The monoisotopic (exact) mass is 1790 g/mol. The molecule has 0 radical (unpaired) electrons. The van der Waals surface area contributed by atoms with Crippen LogP contribution < -0.4 is 0 Å². The molecule has 0 aliphatic heterocycles. The number of rotatable bonds is 96. The highest BCUT2D eigenvalue weighted by Gasteiger charge is 2.30. The summed E-state index contributed by atoms with van der Waals surface area (Å²) in [5.74, 6) is -1.56. The molecule has 16 nitrogen and oxygen atoms in total. The maximum Gasteiger partial charge on any atom is 0.472 e. The van der Waals surface area contributed by atoms with Gasteiger partial charge in [-0.15, -0.1) is 0 Å². The van der Waals surface area contributed by atoms with E-state index in [2.05, 4.69) is 179 Å². The summed E-state index contributed by atoms with van der Waals surface area (Å²) in [4.78, 5) is 59.2. The second-order valence-electron chi connectivity index (χ2n) is 33.9. The number of carbonyl (C=O) groups excluding carboxylic acids is 3. The average Bonchev–Trinajstić information content (AvgIpc) is 0.901. The summed E-state index contributed by atoms with van der Waals surface area (Å²) in [6.45, 7) is 2.59. The smallest absolute Gasteiger partial charge is 0.463 e.